The van der Waals surface area contributed by atoms with E-state index in [4.69, 9.17) is 0 Å². The third-order valence-electron chi connectivity index (χ3n) is 4.73. The van der Waals surface area contributed by atoms with Gasteiger partial charge in [0.25, 0.3) is 5.91 Å². The summed E-state index contributed by atoms with van der Waals surface area (Å²) >= 11 is 0. The van der Waals surface area contributed by atoms with Crippen molar-refractivity contribution in [1.82, 2.24) is 29.4 Å². The van der Waals surface area contributed by atoms with Crippen molar-refractivity contribution < 1.29 is 9.18 Å². The average molecular weight is 318 g/mol. The van der Waals surface area contributed by atoms with Gasteiger partial charge in [0.05, 0.1) is 6.54 Å². The lowest BCUT2D eigenvalue weighted by molar-refractivity contribution is -0.150. The van der Waals surface area contributed by atoms with Crippen LogP contribution < -0.4 is 0 Å². The first-order valence-electron chi connectivity index (χ1n) is 8.02. The molecule has 2 aromatic rings. The van der Waals surface area contributed by atoms with E-state index in [-0.39, 0.29) is 5.91 Å². The summed E-state index contributed by atoms with van der Waals surface area (Å²) in [5, 5.41) is 12.6. The Morgan fingerprint density at radius 2 is 2.13 bits per heavy atom. The second kappa shape index (κ2) is 5.43. The number of hydrogen-bond donors (Lipinski definition) is 0. The fourth-order valence-electron chi connectivity index (χ4n) is 3.23. The molecule has 8 heteroatoms. The number of amides is 1. The molecule has 0 radical (unpaired) electrons. The highest BCUT2D eigenvalue weighted by atomic mass is 19.1. The molecule has 2 aromatic heterocycles. The fourth-order valence-corrected chi connectivity index (χ4v) is 3.23. The number of rotatable bonds is 3. The third-order valence-corrected chi connectivity index (χ3v) is 4.73. The van der Waals surface area contributed by atoms with Crippen molar-refractivity contribution in [3.63, 3.8) is 0 Å². The second-order valence-corrected chi connectivity index (χ2v) is 6.29. The summed E-state index contributed by atoms with van der Waals surface area (Å²) < 4.78 is 18.2. The van der Waals surface area contributed by atoms with E-state index in [0.717, 1.165) is 31.0 Å². The van der Waals surface area contributed by atoms with Crippen molar-refractivity contribution in [1.29, 1.82) is 0 Å². The smallest absolute Gasteiger partial charge is 0.260 e. The molecule has 23 heavy (non-hydrogen) atoms. The summed E-state index contributed by atoms with van der Waals surface area (Å²) in [5.41, 5.74) is -1.65. The van der Waals surface area contributed by atoms with E-state index in [1.807, 2.05) is 16.8 Å². The van der Waals surface area contributed by atoms with Crippen LogP contribution in [-0.4, -0.2) is 47.6 Å². The van der Waals surface area contributed by atoms with E-state index in [9.17, 15) is 9.18 Å². The predicted octanol–water partition coefficient (Wildman–Crippen LogP) is 1.15. The minimum Gasteiger partial charge on any atom is -0.332 e. The van der Waals surface area contributed by atoms with E-state index >= 15 is 0 Å². The predicted molar refractivity (Wildman–Crippen MR) is 79.1 cm³/mol. The van der Waals surface area contributed by atoms with Gasteiger partial charge in [-0.25, -0.2) is 4.39 Å². The quantitative estimate of drug-likeness (QED) is 0.851. The van der Waals surface area contributed by atoms with E-state index in [2.05, 4.69) is 15.3 Å². The summed E-state index contributed by atoms with van der Waals surface area (Å²) in [6.07, 6.45) is 5.86. The van der Waals surface area contributed by atoms with Gasteiger partial charge in [0.2, 0.25) is 0 Å². The molecule has 2 aliphatic rings. The first-order chi connectivity index (χ1) is 11.2. The minimum atomic E-state index is -1.65. The summed E-state index contributed by atoms with van der Waals surface area (Å²) in [6, 6.07) is 1.86. The number of carbonyl (C=O) groups is 1. The van der Waals surface area contributed by atoms with Crippen LogP contribution in [0.15, 0.2) is 18.5 Å². The van der Waals surface area contributed by atoms with Crippen LogP contribution in [0.2, 0.25) is 0 Å². The lowest BCUT2D eigenvalue weighted by atomic mass is 9.81. The highest BCUT2D eigenvalue weighted by Crippen LogP contribution is 2.38. The number of aromatic nitrogens is 5. The van der Waals surface area contributed by atoms with Crippen molar-refractivity contribution in [3.05, 3.63) is 30.1 Å². The normalized spacial score (nSPS) is 19.8. The first-order valence-corrected chi connectivity index (χ1v) is 8.02. The van der Waals surface area contributed by atoms with Crippen molar-refractivity contribution >= 4 is 5.91 Å². The van der Waals surface area contributed by atoms with Gasteiger partial charge in [-0.1, -0.05) is 0 Å². The van der Waals surface area contributed by atoms with Crippen LogP contribution in [0.4, 0.5) is 4.39 Å². The summed E-state index contributed by atoms with van der Waals surface area (Å²) in [7, 11) is 0. The van der Waals surface area contributed by atoms with E-state index < -0.39 is 5.67 Å². The molecule has 122 valence electrons. The van der Waals surface area contributed by atoms with Crippen molar-refractivity contribution in [3.8, 4) is 0 Å². The molecular weight excluding hydrogens is 299 g/mol. The zero-order valence-electron chi connectivity index (χ0n) is 12.9. The Morgan fingerprint density at radius 1 is 1.26 bits per heavy atom. The van der Waals surface area contributed by atoms with Gasteiger partial charge >= 0.3 is 0 Å². The number of halogens is 1. The number of nitrogens with zero attached hydrogens (tertiary/aromatic N) is 6. The van der Waals surface area contributed by atoms with Gasteiger partial charge in [-0.2, -0.15) is 5.10 Å². The molecule has 1 aliphatic heterocycles. The number of alkyl halides is 1. The number of carbonyl (C=O) groups excluding carboxylic acids is 1. The van der Waals surface area contributed by atoms with Crippen LogP contribution in [0, 0.1) is 0 Å². The summed E-state index contributed by atoms with van der Waals surface area (Å²) in [6.45, 7) is 2.18. The molecule has 0 bridgehead atoms. The molecule has 0 atom stereocenters. The molecule has 4 rings (SSSR count). The molecule has 1 amide bonds. The molecule has 7 nitrogen and oxygen atoms in total. The van der Waals surface area contributed by atoms with Crippen molar-refractivity contribution in [2.75, 3.05) is 6.54 Å². The maximum Gasteiger partial charge on any atom is 0.260 e. The molecule has 0 saturated heterocycles. The Labute approximate surface area is 133 Å². The topological polar surface area (TPSA) is 68.8 Å². The van der Waals surface area contributed by atoms with Crippen LogP contribution in [0.1, 0.15) is 37.3 Å². The molecule has 1 aliphatic carbocycles. The SMILES string of the molecule is O=C(N1CCCn2c(nnc2Cn2cccn2)C1)C1(F)CCC1. The van der Waals surface area contributed by atoms with Crippen molar-refractivity contribution in [2.24, 2.45) is 0 Å². The van der Waals surface area contributed by atoms with Crippen LogP contribution in [-0.2, 0) is 24.4 Å². The maximum atomic E-state index is 14.4. The van der Waals surface area contributed by atoms with Gasteiger partial charge in [0.15, 0.2) is 17.3 Å². The van der Waals surface area contributed by atoms with Gasteiger partial charge in [-0.05, 0) is 31.7 Å². The largest absolute Gasteiger partial charge is 0.332 e. The molecule has 0 unspecified atom stereocenters. The molecule has 0 N–H and O–H groups in total. The molecular formula is C15H19FN6O. The van der Waals surface area contributed by atoms with Gasteiger partial charge in [0.1, 0.15) is 6.54 Å². The zero-order chi connectivity index (χ0) is 15.9. The molecule has 3 heterocycles. The highest BCUT2D eigenvalue weighted by Gasteiger charge is 2.47. The van der Waals surface area contributed by atoms with Gasteiger partial charge in [0, 0.05) is 25.5 Å². The molecule has 1 fully saturated rings. The molecule has 1 saturated carbocycles. The van der Waals surface area contributed by atoms with E-state index in [0.29, 0.717) is 32.5 Å². The minimum absolute atomic E-state index is 0.330. The lowest BCUT2D eigenvalue weighted by Gasteiger charge is -2.36. The average Bonchev–Trinajstić information content (AvgIpc) is 3.10. The Kier molecular flexibility index (Phi) is 3.39. The van der Waals surface area contributed by atoms with E-state index in [1.165, 1.54) is 0 Å². The first kappa shape index (κ1) is 14.3. The van der Waals surface area contributed by atoms with Crippen LogP contribution in [0.25, 0.3) is 0 Å². The number of hydrogen-bond acceptors (Lipinski definition) is 4. The standard InChI is InChI=1S/C15H19FN6O/c16-15(4-1-5-15)14(23)20-7-3-9-22-12(10-20)18-19-13(22)11-21-8-2-6-17-21/h2,6,8H,1,3-5,7,9-11H2. The second-order valence-electron chi connectivity index (χ2n) is 6.29. The maximum absolute atomic E-state index is 14.4. The zero-order valence-corrected chi connectivity index (χ0v) is 12.9. The Hall–Kier alpha value is -2.25. The van der Waals surface area contributed by atoms with Crippen molar-refractivity contribution in [2.45, 2.75) is 51.0 Å². The summed E-state index contributed by atoms with van der Waals surface area (Å²) in [5.74, 6) is 1.16. The Morgan fingerprint density at radius 3 is 2.83 bits per heavy atom. The van der Waals surface area contributed by atoms with E-state index in [1.54, 1.807) is 15.8 Å². The van der Waals surface area contributed by atoms with Gasteiger partial charge in [-0.15, -0.1) is 10.2 Å². The fraction of sp³-hybridized carbons (Fsp3) is 0.600. The molecule has 0 aromatic carbocycles. The monoisotopic (exact) mass is 318 g/mol. The highest BCUT2D eigenvalue weighted by molar-refractivity contribution is 5.86. The van der Waals surface area contributed by atoms with Gasteiger partial charge < -0.3 is 9.47 Å². The summed E-state index contributed by atoms with van der Waals surface area (Å²) in [4.78, 5) is 14.0. The van der Waals surface area contributed by atoms with Crippen LogP contribution in [0.5, 0.6) is 0 Å². The Bertz CT molecular complexity index is 706. The van der Waals surface area contributed by atoms with Crippen LogP contribution in [0.3, 0.4) is 0 Å². The van der Waals surface area contributed by atoms with Gasteiger partial charge in [-0.3, -0.25) is 9.48 Å². The third kappa shape index (κ3) is 2.51. The lowest BCUT2D eigenvalue weighted by Crippen LogP contribution is -2.50. The number of fused-ring (bicyclic) bond motifs is 1. The molecule has 0 spiro atoms. The Balaban J connectivity index is 1.53. The van der Waals surface area contributed by atoms with Crippen LogP contribution >= 0.6 is 0 Å².